The van der Waals surface area contributed by atoms with Gasteiger partial charge in [0.1, 0.15) is 5.82 Å². The number of benzene rings is 2. The quantitative estimate of drug-likeness (QED) is 0.240. The summed E-state index contributed by atoms with van der Waals surface area (Å²) < 4.78 is 81.4. The van der Waals surface area contributed by atoms with E-state index in [2.05, 4.69) is 34.1 Å². The van der Waals surface area contributed by atoms with Gasteiger partial charge in [0.05, 0.1) is 17.3 Å². The Balaban J connectivity index is 1.67. The summed E-state index contributed by atoms with van der Waals surface area (Å²) in [5.41, 5.74) is -1.10. The third kappa shape index (κ3) is 5.98. The fraction of sp³-hybridized carbons (Fsp3) is 0.308. The second-order valence-corrected chi connectivity index (χ2v) is 8.59. The zero-order valence-electron chi connectivity index (χ0n) is 20.2. The number of aromatic nitrogens is 3. The zero-order chi connectivity index (χ0) is 26.8. The predicted molar refractivity (Wildman–Crippen MR) is 131 cm³/mol. The van der Waals surface area contributed by atoms with Gasteiger partial charge >= 0.3 is 12.4 Å². The van der Waals surface area contributed by atoms with Gasteiger partial charge in [-0.1, -0.05) is 13.8 Å². The van der Waals surface area contributed by atoms with Crippen LogP contribution in [0, 0.1) is 0 Å². The molecule has 5 nitrogen and oxygen atoms in total. The molecule has 4 aromatic rings. The van der Waals surface area contributed by atoms with Crippen molar-refractivity contribution < 1.29 is 26.3 Å². The third-order valence-corrected chi connectivity index (χ3v) is 5.76. The van der Waals surface area contributed by atoms with Crippen molar-refractivity contribution in [3.8, 4) is 11.1 Å². The first-order valence-corrected chi connectivity index (χ1v) is 11.8. The highest BCUT2D eigenvalue weighted by Crippen LogP contribution is 2.39. The van der Waals surface area contributed by atoms with E-state index in [1.807, 2.05) is 24.3 Å². The number of nitrogens with one attached hydrogen (secondary N) is 1. The van der Waals surface area contributed by atoms with E-state index in [0.717, 1.165) is 37.3 Å². The van der Waals surface area contributed by atoms with Crippen molar-refractivity contribution in [2.75, 3.05) is 23.3 Å². The van der Waals surface area contributed by atoms with Crippen LogP contribution in [0.1, 0.15) is 37.8 Å². The molecule has 0 aliphatic carbocycles. The van der Waals surface area contributed by atoms with Gasteiger partial charge in [-0.05, 0) is 66.9 Å². The van der Waals surface area contributed by atoms with Crippen LogP contribution in [0.4, 0.5) is 43.5 Å². The van der Waals surface area contributed by atoms with Crippen LogP contribution in [0.15, 0.2) is 60.9 Å². The fourth-order valence-corrected chi connectivity index (χ4v) is 4.07. The summed E-state index contributed by atoms with van der Waals surface area (Å²) in [5.74, 6) is 0.365. The lowest BCUT2D eigenvalue weighted by molar-refractivity contribution is -0.143. The number of fused-ring (bicyclic) bond motifs is 1. The minimum absolute atomic E-state index is 0.0466. The van der Waals surface area contributed by atoms with Crippen LogP contribution in [-0.4, -0.2) is 27.7 Å². The maximum atomic E-state index is 13.3. The molecule has 0 saturated heterocycles. The normalized spacial score (nSPS) is 12.2. The van der Waals surface area contributed by atoms with Gasteiger partial charge in [-0.2, -0.15) is 31.4 Å². The Hall–Kier alpha value is -3.76. The van der Waals surface area contributed by atoms with E-state index in [4.69, 9.17) is 0 Å². The smallest absolute Gasteiger partial charge is 0.372 e. The SMILES string of the molecule is CCCN(CCC)c1ccc(Nc2ccn3ncc(-c4cc(C(F)(F)F)cc(C(F)(F)F)c4)c3n2)cc1. The molecule has 37 heavy (non-hydrogen) atoms. The van der Waals surface area contributed by atoms with Gasteiger partial charge in [0.2, 0.25) is 0 Å². The zero-order valence-corrected chi connectivity index (χ0v) is 20.2. The molecule has 0 atom stereocenters. The van der Waals surface area contributed by atoms with Crippen LogP contribution >= 0.6 is 0 Å². The molecule has 1 N–H and O–H groups in total. The molecule has 11 heteroatoms. The lowest BCUT2D eigenvalue weighted by Crippen LogP contribution is -2.24. The highest BCUT2D eigenvalue weighted by Gasteiger charge is 2.37. The number of halogens is 6. The monoisotopic (exact) mass is 521 g/mol. The summed E-state index contributed by atoms with van der Waals surface area (Å²) in [6, 6.07) is 10.8. The van der Waals surface area contributed by atoms with Crippen molar-refractivity contribution in [1.82, 2.24) is 14.6 Å². The molecule has 196 valence electrons. The van der Waals surface area contributed by atoms with Crippen molar-refractivity contribution in [2.24, 2.45) is 0 Å². The molecule has 0 amide bonds. The molecule has 4 rings (SSSR count). The maximum absolute atomic E-state index is 13.3. The van der Waals surface area contributed by atoms with Gasteiger partial charge in [0.15, 0.2) is 5.65 Å². The molecule has 2 aromatic carbocycles. The molecular formula is C26H25F6N5. The van der Waals surface area contributed by atoms with E-state index >= 15 is 0 Å². The van der Waals surface area contributed by atoms with Crippen molar-refractivity contribution in [1.29, 1.82) is 0 Å². The fourth-order valence-electron chi connectivity index (χ4n) is 4.07. The Morgan fingerprint density at radius 2 is 1.43 bits per heavy atom. The molecule has 0 aliphatic rings. The van der Waals surface area contributed by atoms with Crippen molar-refractivity contribution in [2.45, 2.75) is 39.0 Å². The number of hydrogen-bond donors (Lipinski definition) is 1. The average Bonchev–Trinajstić information content (AvgIpc) is 3.26. The van der Waals surface area contributed by atoms with E-state index in [9.17, 15) is 26.3 Å². The van der Waals surface area contributed by atoms with Crippen LogP contribution in [0.25, 0.3) is 16.8 Å². The van der Waals surface area contributed by atoms with Crippen LogP contribution < -0.4 is 10.2 Å². The first kappa shape index (κ1) is 26.3. The van der Waals surface area contributed by atoms with Crippen LogP contribution in [-0.2, 0) is 12.4 Å². The van der Waals surface area contributed by atoms with Crippen molar-refractivity contribution >= 4 is 22.8 Å². The van der Waals surface area contributed by atoms with E-state index in [1.54, 1.807) is 6.07 Å². The molecule has 2 heterocycles. The molecule has 0 unspecified atom stereocenters. The van der Waals surface area contributed by atoms with Gasteiger partial charge in [-0.25, -0.2) is 9.50 Å². The summed E-state index contributed by atoms with van der Waals surface area (Å²) in [4.78, 5) is 6.71. The van der Waals surface area contributed by atoms with Crippen molar-refractivity contribution in [3.05, 3.63) is 72.1 Å². The van der Waals surface area contributed by atoms with E-state index < -0.39 is 23.5 Å². The minimum atomic E-state index is -4.95. The van der Waals surface area contributed by atoms with Gasteiger partial charge < -0.3 is 10.2 Å². The standard InChI is InChI=1S/C26H25F6N5/c1-3-10-36(11-4-2)21-7-5-20(6-8-21)34-23-9-12-37-24(35-23)22(16-33-37)17-13-18(25(27,28)29)15-19(14-17)26(30,31)32/h5-9,12-16H,3-4,10-11H2,1-2H3,(H,34,35). The summed E-state index contributed by atoms with van der Waals surface area (Å²) in [7, 11) is 0. The lowest BCUT2D eigenvalue weighted by atomic mass is 10.0. The lowest BCUT2D eigenvalue weighted by Gasteiger charge is -2.24. The Labute approximate surface area is 209 Å². The Morgan fingerprint density at radius 1 is 0.838 bits per heavy atom. The topological polar surface area (TPSA) is 45.5 Å². The Bertz CT molecular complexity index is 1320. The molecule has 2 aromatic heterocycles. The van der Waals surface area contributed by atoms with Crippen LogP contribution in [0.3, 0.4) is 0 Å². The second kappa shape index (κ2) is 10.3. The van der Waals surface area contributed by atoms with Gasteiger partial charge in [-0.3, -0.25) is 0 Å². The number of rotatable bonds is 8. The van der Waals surface area contributed by atoms with Gasteiger partial charge in [-0.15, -0.1) is 0 Å². The summed E-state index contributed by atoms with van der Waals surface area (Å²) in [6.45, 7) is 6.12. The van der Waals surface area contributed by atoms with Crippen molar-refractivity contribution in [3.63, 3.8) is 0 Å². The summed E-state index contributed by atoms with van der Waals surface area (Å²) in [6.07, 6.45) is -5.12. The third-order valence-electron chi connectivity index (χ3n) is 5.76. The van der Waals surface area contributed by atoms with E-state index in [-0.39, 0.29) is 22.8 Å². The van der Waals surface area contributed by atoms with Crippen LogP contribution in [0.5, 0.6) is 0 Å². The number of alkyl halides is 6. The minimum Gasteiger partial charge on any atom is -0.372 e. The summed E-state index contributed by atoms with van der Waals surface area (Å²) >= 11 is 0. The molecular weight excluding hydrogens is 496 g/mol. The van der Waals surface area contributed by atoms with Crippen LogP contribution in [0.2, 0.25) is 0 Å². The van der Waals surface area contributed by atoms with Gasteiger partial charge in [0.25, 0.3) is 0 Å². The number of nitrogens with zero attached hydrogens (tertiary/aromatic N) is 4. The molecule has 0 bridgehead atoms. The number of hydrogen-bond acceptors (Lipinski definition) is 4. The largest absolute Gasteiger partial charge is 0.416 e. The second-order valence-electron chi connectivity index (χ2n) is 8.59. The highest BCUT2D eigenvalue weighted by molar-refractivity contribution is 5.79. The predicted octanol–water partition coefficient (Wildman–Crippen LogP) is 7.80. The molecule has 0 aliphatic heterocycles. The van der Waals surface area contributed by atoms with E-state index in [0.29, 0.717) is 18.0 Å². The Morgan fingerprint density at radius 3 is 1.97 bits per heavy atom. The van der Waals surface area contributed by atoms with Gasteiger partial charge in [0, 0.05) is 36.2 Å². The molecule has 0 spiro atoms. The first-order valence-electron chi connectivity index (χ1n) is 11.8. The molecule has 0 fully saturated rings. The van der Waals surface area contributed by atoms with E-state index in [1.165, 1.54) is 16.9 Å². The Kier molecular flexibility index (Phi) is 7.33. The highest BCUT2D eigenvalue weighted by atomic mass is 19.4. The summed E-state index contributed by atoms with van der Waals surface area (Å²) in [5, 5.41) is 7.19. The molecule has 0 radical (unpaired) electrons. The first-order chi connectivity index (χ1) is 17.5. The molecule has 0 saturated carbocycles. The number of anilines is 3. The average molecular weight is 522 g/mol. The maximum Gasteiger partial charge on any atom is 0.416 e.